The summed E-state index contributed by atoms with van der Waals surface area (Å²) in [4.78, 5) is 0. The first-order valence-corrected chi connectivity index (χ1v) is 7.50. The highest BCUT2D eigenvalue weighted by Crippen LogP contribution is 2.23. The standard InChI is InChI=1S/C15H31NO/c1-5-10-16-14-6-8-15(9-7-14)17-13(4)11-12(2)3/h12-16H,5-11H2,1-4H3. The molecule has 1 fully saturated rings. The molecular formula is C15H31NO. The first-order valence-electron chi connectivity index (χ1n) is 7.50. The Morgan fingerprint density at radius 1 is 1.12 bits per heavy atom. The fourth-order valence-electron chi connectivity index (χ4n) is 2.80. The topological polar surface area (TPSA) is 21.3 Å². The molecule has 0 bridgehead atoms. The van der Waals surface area contributed by atoms with Crippen LogP contribution in [0.5, 0.6) is 0 Å². The molecule has 1 saturated carbocycles. The smallest absolute Gasteiger partial charge is 0.0580 e. The van der Waals surface area contributed by atoms with Crippen molar-refractivity contribution in [2.45, 2.75) is 84.5 Å². The van der Waals surface area contributed by atoms with Crippen LogP contribution >= 0.6 is 0 Å². The van der Waals surface area contributed by atoms with Crippen molar-refractivity contribution in [3.8, 4) is 0 Å². The molecule has 1 aliphatic carbocycles. The lowest BCUT2D eigenvalue weighted by Crippen LogP contribution is -2.36. The second-order valence-corrected chi connectivity index (χ2v) is 6.00. The molecule has 0 heterocycles. The minimum absolute atomic E-state index is 0.431. The molecule has 0 aliphatic heterocycles. The van der Waals surface area contributed by atoms with Crippen LogP contribution < -0.4 is 5.32 Å². The number of rotatable bonds is 7. The molecule has 0 radical (unpaired) electrons. The monoisotopic (exact) mass is 241 g/mol. The van der Waals surface area contributed by atoms with Gasteiger partial charge in [-0.1, -0.05) is 20.8 Å². The first kappa shape index (κ1) is 15.0. The SMILES string of the molecule is CCCNC1CCC(OC(C)CC(C)C)CC1. The lowest BCUT2D eigenvalue weighted by Gasteiger charge is -2.31. The van der Waals surface area contributed by atoms with E-state index in [1.54, 1.807) is 0 Å². The molecule has 2 nitrogen and oxygen atoms in total. The first-order chi connectivity index (χ1) is 8.11. The van der Waals surface area contributed by atoms with E-state index in [4.69, 9.17) is 4.74 Å². The molecular weight excluding hydrogens is 210 g/mol. The van der Waals surface area contributed by atoms with Crippen LogP contribution in [0.3, 0.4) is 0 Å². The third-order valence-corrected chi connectivity index (χ3v) is 3.59. The van der Waals surface area contributed by atoms with Crippen molar-refractivity contribution in [1.29, 1.82) is 0 Å². The third-order valence-electron chi connectivity index (χ3n) is 3.59. The van der Waals surface area contributed by atoms with E-state index in [2.05, 4.69) is 33.0 Å². The van der Waals surface area contributed by atoms with Gasteiger partial charge in [0.25, 0.3) is 0 Å². The summed E-state index contributed by atoms with van der Waals surface area (Å²) in [6, 6.07) is 0.746. The van der Waals surface area contributed by atoms with Gasteiger partial charge in [0, 0.05) is 6.04 Å². The molecule has 0 aromatic rings. The van der Waals surface area contributed by atoms with E-state index in [1.165, 1.54) is 45.1 Å². The van der Waals surface area contributed by atoms with Crippen LogP contribution in [-0.4, -0.2) is 24.8 Å². The highest BCUT2D eigenvalue weighted by atomic mass is 16.5. The molecule has 1 atom stereocenters. The number of hydrogen-bond acceptors (Lipinski definition) is 2. The van der Waals surface area contributed by atoms with E-state index >= 15 is 0 Å². The number of nitrogens with one attached hydrogen (secondary N) is 1. The molecule has 1 unspecified atom stereocenters. The second kappa shape index (κ2) is 8.10. The van der Waals surface area contributed by atoms with Crippen LogP contribution in [0.1, 0.15) is 66.2 Å². The maximum atomic E-state index is 6.13. The van der Waals surface area contributed by atoms with E-state index in [0.29, 0.717) is 12.2 Å². The van der Waals surface area contributed by atoms with Gasteiger partial charge in [0.05, 0.1) is 12.2 Å². The van der Waals surface area contributed by atoms with Gasteiger partial charge in [-0.3, -0.25) is 0 Å². The molecule has 1 aliphatic rings. The largest absolute Gasteiger partial charge is 0.375 e. The number of hydrogen-bond donors (Lipinski definition) is 1. The predicted molar refractivity (Wildman–Crippen MR) is 74.3 cm³/mol. The summed E-state index contributed by atoms with van der Waals surface area (Å²) in [6.07, 6.45) is 8.44. The summed E-state index contributed by atoms with van der Waals surface area (Å²) in [6.45, 7) is 10.2. The van der Waals surface area contributed by atoms with E-state index < -0.39 is 0 Å². The molecule has 2 heteroatoms. The molecule has 0 aromatic carbocycles. The van der Waals surface area contributed by atoms with Crippen molar-refractivity contribution in [3.05, 3.63) is 0 Å². The van der Waals surface area contributed by atoms with E-state index in [1.807, 2.05) is 0 Å². The van der Waals surface area contributed by atoms with Crippen LogP contribution in [0.15, 0.2) is 0 Å². The molecule has 0 aromatic heterocycles. The third kappa shape index (κ3) is 6.42. The molecule has 1 N–H and O–H groups in total. The second-order valence-electron chi connectivity index (χ2n) is 6.00. The van der Waals surface area contributed by atoms with Gasteiger partial charge >= 0.3 is 0 Å². The van der Waals surface area contributed by atoms with E-state index in [9.17, 15) is 0 Å². The average molecular weight is 241 g/mol. The van der Waals surface area contributed by atoms with Gasteiger partial charge in [-0.15, -0.1) is 0 Å². The zero-order valence-corrected chi connectivity index (χ0v) is 12.2. The average Bonchev–Trinajstić information content (AvgIpc) is 2.27. The Morgan fingerprint density at radius 2 is 1.76 bits per heavy atom. The van der Waals surface area contributed by atoms with Gasteiger partial charge in [-0.05, 0) is 57.9 Å². The van der Waals surface area contributed by atoms with Gasteiger partial charge in [-0.2, -0.15) is 0 Å². The van der Waals surface area contributed by atoms with Crippen LogP contribution in [0, 0.1) is 5.92 Å². The Morgan fingerprint density at radius 3 is 2.29 bits per heavy atom. The summed E-state index contributed by atoms with van der Waals surface area (Å²) in [7, 11) is 0. The highest BCUT2D eigenvalue weighted by Gasteiger charge is 2.22. The van der Waals surface area contributed by atoms with Crippen LogP contribution in [0.25, 0.3) is 0 Å². The molecule has 17 heavy (non-hydrogen) atoms. The van der Waals surface area contributed by atoms with Gasteiger partial charge < -0.3 is 10.1 Å². The number of ether oxygens (including phenoxy) is 1. The van der Waals surface area contributed by atoms with Crippen molar-refractivity contribution in [3.63, 3.8) is 0 Å². The summed E-state index contributed by atoms with van der Waals surface area (Å²) in [5.41, 5.74) is 0. The summed E-state index contributed by atoms with van der Waals surface area (Å²) in [5.74, 6) is 0.743. The molecule has 1 rings (SSSR count). The fourth-order valence-corrected chi connectivity index (χ4v) is 2.80. The van der Waals surface area contributed by atoms with E-state index in [0.717, 1.165) is 12.0 Å². The summed E-state index contributed by atoms with van der Waals surface area (Å²) < 4.78 is 6.13. The van der Waals surface area contributed by atoms with Crippen molar-refractivity contribution >= 4 is 0 Å². The lowest BCUT2D eigenvalue weighted by molar-refractivity contribution is -0.0327. The normalized spacial score (nSPS) is 27.4. The van der Waals surface area contributed by atoms with Gasteiger partial charge in [0.2, 0.25) is 0 Å². The minimum atomic E-state index is 0.431. The molecule has 0 spiro atoms. The van der Waals surface area contributed by atoms with Gasteiger partial charge in [-0.25, -0.2) is 0 Å². The molecule has 0 amide bonds. The zero-order chi connectivity index (χ0) is 12.7. The maximum Gasteiger partial charge on any atom is 0.0580 e. The van der Waals surface area contributed by atoms with Crippen molar-refractivity contribution in [1.82, 2.24) is 5.32 Å². The van der Waals surface area contributed by atoms with Gasteiger partial charge in [0.1, 0.15) is 0 Å². The lowest BCUT2D eigenvalue weighted by atomic mass is 9.92. The Kier molecular flexibility index (Phi) is 7.14. The van der Waals surface area contributed by atoms with Crippen molar-refractivity contribution < 1.29 is 4.74 Å². The summed E-state index contributed by atoms with van der Waals surface area (Å²) >= 11 is 0. The van der Waals surface area contributed by atoms with Crippen LogP contribution in [0.4, 0.5) is 0 Å². The highest BCUT2D eigenvalue weighted by molar-refractivity contribution is 4.78. The Hall–Kier alpha value is -0.0800. The van der Waals surface area contributed by atoms with Crippen molar-refractivity contribution in [2.24, 2.45) is 5.92 Å². The Labute approximate surface area is 108 Å². The molecule has 0 saturated heterocycles. The van der Waals surface area contributed by atoms with E-state index in [-0.39, 0.29) is 0 Å². The van der Waals surface area contributed by atoms with Crippen molar-refractivity contribution in [2.75, 3.05) is 6.54 Å². The fraction of sp³-hybridized carbons (Fsp3) is 1.00. The predicted octanol–water partition coefficient (Wildman–Crippen LogP) is 3.75. The quantitative estimate of drug-likeness (QED) is 0.733. The molecule has 102 valence electrons. The Bertz CT molecular complexity index is 185. The summed E-state index contributed by atoms with van der Waals surface area (Å²) in [5, 5.41) is 3.62. The Balaban J connectivity index is 2.14. The minimum Gasteiger partial charge on any atom is -0.375 e. The van der Waals surface area contributed by atoms with Crippen LogP contribution in [-0.2, 0) is 4.74 Å². The maximum absolute atomic E-state index is 6.13. The van der Waals surface area contributed by atoms with Gasteiger partial charge in [0.15, 0.2) is 0 Å². The van der Waals surface area contributed by atoms with Crippen LogP contribution in [0.2, 0.25) is 0 Å². The zero-order valence-electron chi connectivity index (χ0n) is 12.2.